The molecule has 1 aromatic heterocycles. The molecule has 12 nitrogen and oxygen atoms in total. The summed E-state index contributed by atoms with van der Waals surface area (Å²) < 4.78 is 7.36. The van der Waals surface area contributed by atoms with Gasteiger partial charge < -0.3 is 30.9 Å². The first-order chi connectivity index (χ1) is 21.5. The normalized spacial score (nSPS) is 11.2. The fraction of sp³-hybridized carbons (Fsp3) is 0.312. The number of amides is 2. The van der Waals surface area contributed by atoms with Crippen LogP contribution in [-0.2, 0) is 11.8 Å². The van der Waals surface area contributed by atoms with Crippen molar-refractivity contribution in [3.05, 3.63) is 66.2 Å². The number of hydrogen-bond acceptors (Lipinski definition) is 10. The molecular weight excluding hydrogens is 590 g/mol. The monoisotopic (exact) mass is 630 g/mol. The van der Waals surface area contributed by atoms with Crippen molar-refractivity contribution in [2.75, 3.05) is 40.3 Å². The average Bonchev–Trinajstić information content (AvgIpc) is 3.36. The minimum atomic E-state index is -0.251. The highest BCUT2D eigenvalue weighted by Crippen LogP contribution is 2.39. The van der Waals surface area contributed by atoms with Crippen molar-refractivity contribution >= 4 is 67.5 Å². The number of benzene rings is 3. The van der Waals surface area contributed by atoms with Gasteiger partial charge in [0.2, 0.25) is 11.0 Å². The molecule has 4 rings (SSSR count). The lowest BCUT2D eigenvalue weighted by molar-refractivity contribution is -0.712. The third kappa shape index (κ3) is 8.32. The Kier molecular flexibility index (Phi) is 10.7. The molecule has 0 aliphatic rings. The maximum atomic E-state index is 12.7. The van der Waals surface area contributed by atoms with Gasteiger partial charge in [0.1, 0.15) is 18.5 Å². The van der Waals surface area contributed by atoms with E-state index >= 15 is 0 Å². The topological polar surface area (TPSA) is 136 Å². The lowest BCUT2D eigenvalue weighted by atomic mass is 10.2. The molecule has 0 saturated heterocycles. The lowest BCUT2D eigenvalue weighted by Crippen LogP contribution is -2.39. The third-order valence-electron chi connectivity index (χ3n) is 6.76. The van der Waals surface area contributed by atoms with Gasteiger partial charge in [-0.3, -0.25) is 9.59 Å². The third-order valence-corrected chi connectivity index (χ3v) is 7.76. The van der Waals surface area contributed by atoms with E-state index in [1.807, 2.05) is 38.4 Å². The predicted molar refractivity (Wildman–Crippen MR) is 181 cm³/mol. The van der Waals surface area contributed by atoms with Crippen molar-refractivity contribution in [3.63, 3.8) is 0 Å². The zero-order chi connectivity index (χ0) is 32.7. The number of aryl methyl sites for hydroxylation is 1. The fourth-order valence-corrected chi connectivity index (χ4v) is 5.76. The number of carbonyl (C=O) groups is 2. The fourth-order valence-electron chi connectivity index (χ4n) is 4.66. The van der Waals surface area contributed by atoms with Crippen molar-refractivity contribution in [2.45, 2.75) is 46.7 Å². The number of aromatic nitrogens is 2. The summed E-state index contributed by atoms with van der Waals surface area (Å²) in [5.41, 5.74) is 4.37. The average molecular weight is 631 g/mol. The van der Waals surface area contributed by atoms with Gasteiger partial charge in [-0.1, -0.05) is 5.10 Å². The van der Waals surface area contributed by atoms with E-state index in [2.05, 4.69) is 69.2 Å². The molecule has 3 aromatic carbocycles. The number of nitrogens with one attached hydrogen (secondary N) is 4. The number of methoxy groups -OCH3 is 1. The highest BCUT2D eigenvalue weighted by atomic mass is 32.1. The second kappa shape index (κ2) is 14.6. The Balaban J connectivity index is 1.55. The predicted octanol–water partition coefficient (Wildman–Crippen LogP) is 7.01. The quantitative estimate of drug-likeness (QED) is 0.0976. The van der Waals surface area contributed by atoms with Gasteiger partial charge in [-0.05, 0) is 98.7 Å². The minimum Gasteiger partial charge on any atom is -0.494 e. The van der Waals surface area contributed by atoms with Crippen LogP contribution < -0.4 is 35.6 Å². The molecule has 0 fully saturated rings. The van der Waals surface area contributed by atoms with Gasteiger partial charge in [0.15, 0.2) is 0 Å². The summed E-state index contributed by atoms with van der Waals surface area (Å²) in [6, 6.07) is 18.5. The molecule has 0 saturated carbocycles. The van der Waals surface area contributed by atoms with Crippen molar-refractivity contribution in [2.24, 2.45) is 17.3 Å². The molecule has 0 atom stereocenters. The summed E-state index contributed by atoms with van der Waals surface area (Å²) in [7, 11) is 5.21. The molecule has 236 valence electrons. The molecule has 2 amide bonds. The van der Waals surface area contributed by atoms with Crippen molar-refractivity contribution in [3.8, 4) is 5.75 Å². The molecule has 13 heteroatoms. The Bertz CT molecular complexity index is 1660. The van der Waals surface area contributed by atoms with E-state index in [-0.39, 0.29) is 23.9 Å². The van der Waals surface area contributed by atoms with E-state index in [0.717, 1.165) is 16.5 Å². The van der Waals surface area contributed by atoms with Gasteiger partial charge >= 0.3 is 5.13 Å². The van der Waals surface area contributed by atoms with E-state index in [9.17, 15) is 9.59 Å². The summed E-state index contributed by atoms with van der Waals surface area (Å²) in [5, 5.41) is 27.2. The SMILES string of the molecule is CNc1ccc(C(=O)Nc2ccc(Nc3cc(NC(C)=O)c(N=Nc4sc(N(C(C)C)C(C)C)n[n+]4C)cc3OC)cc2)cc1. The summed E-state index contributed by atoms with van der Waals surface area (Å²) >= 11 is 1.44. The maximum absolute atomic E-state index is 12.7. The second-order valence-electron chi connectivity index (χ2n) is 10.8. The Morgan fingerprint density at radius 1 is 0.889 bits per heavy atom. The zero-order valence-electron chi connectivity index (χ0n) is 26.8. The Hall–Kier alpha value is -5.04. The molecule has 4 aromatic rings. The highest BCUT2D eigenvalue weighted by molar-refractivity contribution is 7.18. The lowest BCUT2D eigenvalue weighted by Gasteiger charge is -2.28. The summed E-state index contributed by atoms with van der Waals surface area (Å²) in [4.78, 5) is 27.0. The van der Waals surface area contributed by atoms with Gasteiger partial charge in [-0.25, -0.2) is 0 Å². The Labute approximate surface area is 267 Å². The number of carbonyl (C=O) groups excluding carboxylic acids is 2. The van der Waals surface area contributed by atoms with Crippen LogP contribution in [0, 0.1) is 0 Å². The number of hydrogen-bond donors (Lipinski definition) is 4. The van der Waals surface area contributed by atoms with Crippen molar-refractivity contribution in [1.29, 1.82) is 0 Å². The standard InChI is InChI=1S/C32H39N9O3S/c1-19(2)41(20(3)4)32-39-40(7)31(45-32)38-37-27-18-29(44-8)28(17-26(27)34-21(5)42)35-24-13-15-25(16-14-24)36-30(43)22-9-11-23(33-6)12-10-22/h9-20H,1-8H3,(H3,33,34,35,36,37,42,43)/p+1. The molecule has 45 heavy (non-hydrogen) atoms. The first-order valence-corrected chi connectivity index (χ1v) is 15.3. The summed E-state index contributed by atoms with van der Waals surface area (Å²) in [5.74, 6) is 0.0454. The molecule has 0 unspecified atom stereocenters. The second-order valence-corrected chi connectivity index (χ2v) is 11.8. The van der Waals surface area contributed by atoms with Gasteiger partial charge in [-0.15, -0.1) is 4.68 Å². The first-order valence-electron chi connectivity index (χ1n) is 14.5. The smallest absolute Gasteiger partial charge is 0.431 e. The van der Waals surface area contributed by atoms with Crippen molar-refractivity contribution in [1.82, 2.24) is 5.10 Å². The molecule has 0 radical (unpaired) electrons. The minimum absolute atomic E-state index is 0.204. The van der Waals surface area contributed by atoms with E-state index in [0.29, 0.717) is 39.2 Å². The number of anilines is 6. The molecule has 0 aliphatic carbocycles. The van der Waals surface area contributed by atoms with Crippen LogP contribution in [0.15, 0.2) is 70.9 Å². The number of azo groups is 1. The number of rotatable bonds is 12. The first kappa shape index (κ1) is 32.9. The molecule has 1 heterocycles. The maximum Gasteiger partial charge on any atom is 0.431 e. The van der Waals surface area contributed by atoms with Gasteiger partial charge in [0.05, 0.1) is 23.6 Å². The van der Waals surface area contributed by atoms with E-state index in [1.165, 1.54) is 18.3 Å². The van der Waals surface area contributed by atoms with Crippen LogP contribution in [0.4, 0.5) is 44.4 Å². The number of nitrogens with zero attached hydrogens (tertiary/aromatic N) is 5. The van der Waals surface area contributed by atoms with Crippen LogP contribution in [0.3, 0.4) is 0 Å². The van der Waals surface area contributed by atoms with E-state index < -0.39 is 0 Å². The Morgan fingerprint density at radius 3 is 2.09 bits per heavy atom. The van der Waals surface area contributed by atoms with Crippen LogP contribution in [0.1, 0.15) is 45.0 Å². The van der Waals surface area contributed by atoms with Crippen LogP contribution in [0.2, 0.25) is 0 Å². The van der Waals surface area contributed by atoms with Crippen LogP contribution in [0.5, 0.6) is 5.75 Å². The summed E-state index contributed by atoms with van der Waals surface area (Å²) in [6.45, 7) is 9.94. The van der Waals surface area contributed by atoms with Crippen LogP contribution >= 0.6 is 11.3 Å². The van der Waals surface area contributed by atoms with Crippen molar-refractivity contribution < 1.29 is 19.0 Å². The van der Waals surface area contributed by atoms with Crippen LogP contribution in [-0.4, -0.2) is 43.2 Å². The van der Waals surface area contributed by atoms with Gasteiger partial charge in [0, 0.05) is 54.7 Å². The largest absolute Gasteiger partial charge is 0.494 e. The van der Waals surface area contributed by atoms with E-state index in [1.54, 1.807) is 48.2 Å². The molecule has 4 N–H and O–H groups in total. The van der Waals surface area contributed by atoms with Gasteiger partial charge in [0.25, 0.3) is 5.91 Å². The van der Waals surface area contributed by atoms with Crippen LogP contribution in [0.25, 0.3) is 0 Å². The molecule has 0 aliphatic heterocycles. The zero-order valence-corrected chi connectivity index (χ0v) is 27.6. The summed E-state index contributed by atoms with van der Waals surface area (Å²) in [6.07, 6.45) is 0. The van der Waals surface area contributed by atoms with E-state index in [4.69, 9.17) is 4.74 Å². The molecule has 0 spiro atoms. The molecular formula is C32H40N9O3S+. The highest BCUT2D eigenvalue weighted by Gasteiger charge is 2.24. The number of ether oxygens (including phenoxy) is 1. The Morgan fingerprint density at radius 2 is 1.51 bits per heavy atom. The van der Waals surface area contributed by atoms with Gasteiger partial charge in [-0.2, -0.15) is 0 Å². The molecule has 0 bridgehead atoms.